The van der Waals surface area contributed by atoms with Crippen LogP contribution in [0.15, 0.2) is 11.6 Å². The minimum atomic E-state index is -0.0684. The number of nitrogens with zero attached hydrogens (tertiary/aromatic N) is 1. The number of anilines is 1. The van der Waals surface area contributed by atoms with E-state index in [1.54, 1.807) is 13.3 Å². The molecule has 0 fully saturated rings. The fourth-order valence-electron chi connectivity index (χ4n) is 0.811. The van der Waals surface area contributed by atoms with Crippen LogP contribution in [0, 0.1) is 0 Å². The van der Waals surface area contributed by atoms with Crippen molar-refractivity contribution < 1.29 is 9.84 Å². The van der Waals surface area contributed by atoms with E-state index in [4.69, 9.17) is 9.84 Å². The molecule has 0 saturated heterocycles. The number of methoxy groups -OCH3 is 1. The summed E-state index contributed by atoms with van der Waals surface area (Å²) >= 11 is 1.50. The van der Waals surface area contributed by atoms with Gasteiger partial charge in [-0.3, -0.25) is 0 Å². The molecule has 0 aromatic carbocycles. The Balaban J connectivity index is 2.37. The van der Waals surface area contributed by atoms with Crippen LogP contribution in [0.1, 0.15) is 0 Å². The number of aliphatic hydroxyl groups is 1. The van der Waals surface area contributed by atoms with Crippen LogP contribution in [-0.2, 0) is 4.74 Å². The highest BCUT2D eigenvalue weighted by Crippen LogP contribution is 2.11. The summed E-state index contributed by atoms with van der Waals surface area (Å²) < 4.78 is 4.90. The van der Waals surface area contributed by atoms with E-state index in [9.17, 15) is 0 Å². The van der Waals surface area contributed by atoms with E-state index >= 15 is 0 Å². The van der Waals surface area contributed by atoms with Gasteiger partial charge in [-0.15, -0.1) is 11.3 Å². The first-order valence-electron chi connectivity index (χ1n) is 3.62. The van der Waals surface area contributed by atoms with E-state index < -0.39 is 0 Å². The molecule has 2 N–H and O–H groups in total. The van der Waals surface area contributed by atoms with Crippen LogP contribution in [-0.4, -0.2) is 36.5 Å². The summed E-state index contributed by atoms with van der Waals surface area (Å²) in [5.41, 5.74) is 0. The molecule has 0 aliphatic carbocycles. The molecular formula is C7H12N2O2S. The second-order valence-corrected chi connectivity index (χ2v) is 3.21. The Morgan fingerprint density at radius 1 is 1.83 bits per heavy atom. The van der Waals surface area contributed by atoms with Crippen molar-refractivity contribution in [3.63, 3.8) is 0 Å². The fraction of sp³-hybridized carbons (Fsp3) is 0.571. The monoisotopic (exact) mass is 188 g/mol. The van der Waals surface area contributed by atoms with Crippen molar-refractivity contribution in [3.8, 4) is 0 Å². The molecule has 1 heterocycles. The summed E-state index contributed by atoms with van der Waals surface area (Å²) in [6.45, 7) is 0.531. The van der Waals surface area contributed by atoms with Gasteiger partial charge >= 0.3 is 0 Å². The molecule has 12 heavy (non-hydrogen) atoms. The maximum absolute atomic E-state index is 8.89. The smallest absolute Gasteiger partial charge is 0.182 e. The van der Waals surface area contributed by atoms with Crippen LogP contribution in [0.2, 0.25) is 0 Å². The van der Waals surface area contributed by atoms with Crippen molar-refractivity contribution in [2.24, 2.45) is 0 Å². The highest BCUT2D eigenvalue weighted by atomic mass is 32.1. The van der Waals surface area contributed by atoms with Gasteiger partial charge in [-0.25, -0.2) is 4.98 Å². The van der Waals surface area contributed by atoms with E-state index in [-0.39, 0.29) is 12.6 Å². The number of hydrogen-bond donors (Lipinski definition) is 2. The Bertz CT molecular complexity index is 203. The lowest BCUT2D eigenvalue weighted by atomic mass is 10.3. The van der Waals surface area contributed by atoms with Crippen molar-refractivity contribution >= 4 is 16.5 Å². The zero-order valence-electron chi connectivity index (χ0n) is 6.86. The summed E-state index contributed by atoms with van der Waals surface area (Å²) in [7, 11) is 1.60. The van der Waals surface area contributed by atoms with Gasteiger partial charge in [-0.1, -0.05) is 0 Å². The Morgan fingerprint density at radius 2 is 2.67 bits per heavy atom. The predicted molar refractivity (Wildman–Crippen MR) is 48.5 cm³/mol. The summed E-state index contributed by atoms with van der Waals surface area (Å²) in [6, 6.07) is -0.0684. The van der Waals surface area contributed by atoms with Crippen molar-refractivity contribution in [2.75, 3.05) is 25.6 Å². The minimum absolute atomic E-state index is 0.0490. The molecule has 1 rings (SSSR count). The summed E-state index contributed by atoms with van der Waals surface area (Å²) in [5, 5.41) is 14.6. The molecule has 0 bridgehead atoms. The summed E-state index contributed by atoms with van der Waals surface area (Å²) in [6.07, 6.45) is 1.72. The van der Waals surface area contributed by atoms with E-state index in [0.29, 0.717) is 6.61 Å². The first-order chi connectivity index (χ1) is 5.86. The number of ether oxygens (including phenoxy) is 1. The topological polar surface area (TPSA) is 54.4 Å². The maximum Gasteiger partial charge on any atom is 0.182 e. The molecule has 0 aliphatic rings. The number of nitrogens with one attached hydrogen (secondary N) is 1. The molecule has 0 spiro atoms. The average Bonchev–Trinajstić information content (AvgIpc) is 2.56. The quantitative estimate of drug-likeness (QED) is 0.709. The van der Waals surface area contributed by atoms with E-state index in [2.05, 4.69) is 10.3 Å². The van der Waals surface area contributed by atoms with Crippen LogP contribution < -0.4 is 5.32 Å². The van der Waals surface area contributed by atoms with Crippen LogP contribution >= 0.6 is 11.3 Å². The number of thiazole rings is 1. The molecule has 1 unspecified atom stereocenters. The van der Waals surface area contributed by atoms with Crippen molar-refractivity contribution in [2.45, 2.75) is 6.04 Å². The zero-order chi connectivity index (χ0) is 8.81. The Kier molecular flexibility index (Phi) is 3.99. The van der Waals surface area contributed by atoms with Crippen LogP contribution in [0.5, 0.6) is 0 Å². The first-order valence-corrected chi connectivity index (χ1v) is 4.50. The molecule has 0 aliphatic heterocycles. The SMILES string of the molecule is COCC(CO)Nc1nccs1. The lowest BCUT2D eigenvalue weighted by Gasteiger charge is -2.13. The highest BCUT2D eigenvalue weighted by Gasteiger charge is 2.06. The Morgan fingerprint density at radius 3 is 3.17 bits per heavy atom. The Hall–Kier alpha value is -0.650. The third kappa shape index (κ3) is 2.77. The van der Waals surface area contributed by atoms with Crippen molar-refractivity contribution in [3.05, 3.63) is 11.6 Å². The molecule has 1 aromatic rings. The third-order valence-electron chi connectivity index (χ3n) is 1.35. The van der Waals surface area contributed by atoms with Gasteiger partial charge in [0, 0.05) is 18.7 Å². The molecule has 5 heteroatoms. The van der Waals surface area contributed by atoms with Crippen molar-refractivity contribution in [1.82, 2.24) is 4.98 Å². The van der Waals surface area contributed by atoms with Crippen LogP contribution in [0.25, 0.3) is 0 Å². The molecule has 1 atom stereocenters. The number of hydrogen-bond acceptors (Lipinski definition) is 5. The summed E-state index contributed by atoms with van der Waals surface area (Å²) in [5.74, 6) is 0. The molecular weight excluding hydrogens is 176 g/mol. The molecule has 4 nitrogen and oxygen atoms in total. The van der Waals surface area contributed by atoms with E-state index in [1.165, 1.54) is 11.3 Å². The van der Waals surface area contributed by atoms with Crippen LogP contribution in [0.3, 0.4) is 0 Å². The predicted octanol–water partition coefficient (Wildman–Crippen LogP) is 0.562. The highest BCUT2D eigenvalue weighted by molar-refractivity contribution is 7.13. The van der Waals surface area contributed by atoms with Gasteiger partial charge in [0.15, 0.2) is 5.13 Å². The van der Waals surface area contributed by atoms with Crippen molar-refractivity contribution in [1.29, 1.82) is 0 Å². The van der Waals surface area contributed by atoms with Gasteiger partial charge in [0.1, 0.15) is 0 Å². The minimum Gasteiger partial charge on any atom is -0.394 e. The second kappa shape index (κ2) is 5.08. The fourth-order valence-corrected chi connectivity index (χ4v) is 1.42. The normalized spacial score (nSPS) is 12.8. The van der Waals surface area contributed by atoms with Gasteiger partial charge in [0.25, 0.3) is 0 Å². The van der Waals surface area contributed by atoms with Gasteiger partial charge in [-0.2, -0.15) is 0 Å². The Labute approximate surface area is 75.2 Å². The third-order valence-corrected chi connectivity index (χ3v) is 2.05. The van der Waals surface area contributed by atoms with E-state index in [0.717, 1.165) is 5.13 Å². The van der Waals surface area contributed by atoms with Crippen LogP contribution in [0.4, 0.5) is 5.13 Å². The number of aliphatic hydroxyl groups excluding tert-OH is 1. The van der Waals surface area contributed by atoms with Gasteiger partial charge in [-0.05, 0) is 0 Å². The largest absolute Gasteiger partial charge is 0.394 e. The van der Waals surface area contributed by atoms with Gasteiger partial charge < -0.3 is 15.2 Å². The first kappa shape index (κ1) is 9.44. The molecule has 1 aromatic heterocycles. The zero-order valence-corrected chi connectivity index (χ0v) is 7.67. The molecule has 68 valence electrons. The van der Waals surface area contributed by atoms with Gasteiger partial charge in [0.05, 0.1) is 19.3 Å². The standard InChI is InChI=1S/C7H12N2O2S/c1-11-5-6(4-10)9-7-8-2-3-12-7/h2-3,6,10H,4-5H2,1H3,(H,8,9). The average molecular weight is 188 g/mol. The number of aromatic nitrogens is 1. The molecule has 0 radical (unpaired) electrons. The molecule has 0 saturated carbocycles. The number of rotatable bonds is 5. The maximum atomic E-state index is 8.89. The lowest BCUT2D eigenvalue weighted by Crippen LogP contribution is -2.28. The van der Waals surface area contributed by atoms with E-state index in [1.807, 2.05) is 5.38 Å². The lowest BCUT2D eigenvalue weighted by molar-refractivity contribution is 0.153. The second-order valence-electron chi connectivity index (χ2n) is 2.32. The van der Waals surface area contributed by atoms with Gasteiger partial charge in [0.2, 0.25) is 0 Å². The summed E-state index contributed by atoms with van der Waals surface area (Å²) in [4.78, 5) is 4.03. The molecule has 0 amide bonds.